The fourth-order valence-corrected chi connectivity index (χ4v) is 2.12. The topological polar surface area (TPSA) is 61.8 Å². The van der Waals surface area contributed by atoms with Crippen molar-refractivity contribution in [1.82, 2.24) is 10.2 Å². The summed E-state index contributed by atoms with van der Waals surface area (Å²) in [5.41, 5.74) is 0. The van der Waals surface area contributed by atoms with Crippen LogP contribution in [0.15, 0.2) is 18.2 Å². The molecule has 0 radical (unpaired) electrons. The molecule has 2 unspecified atom stereocenters. The van der Waals surface area contributed by atoms with Gasteiger partial charge in [-0.05, 0) is 39.2 Å². The van der Waals surface area contributed by atoms with Gasteiger partial charge in [0.25, 0.3) is 5.91 Å². The van der Waals surface area contributed by atoms with E-state index in [0.717, 1.165) is 0 Å². The van der Waals surface area contributed by atoms with Crippen LogP contribution in [0.2, 0.25) is 10.0 Å². The molecule has 1 aromatic rings. The van der Waals surface area contributed by atoms with Crippen LogP contribution in [0.1, 0.15) is 6.92 Å². The Labute approximate surface area is 134 Å². The number of amides is 1. The number of likely N-dealkylation sites (N-methyl/N-ethyl adjacent to an activating group) is 1. The van der Waals surface area contributed by atoms with Crippen molar-refractivity contribution in [3.05, 3.63) is 28.2 Å². The Hall–Kier alpha value is -1.01. The van der Waals surface area contributed by atoms with Gasteiger partial charge in [0.2, 0.25) is 0 Å². The molecule has 21 heavy (non-hydrogen) atoms. The first-order valence-electron chi connectivity index (χ1n) is 6.51. The van der Waals surface area contributed by atoms with E-state index in [9.17, 15) is 9.90 Å². The van der Waals surface area contributed by atoms with Crippen LogP contribution >= 0.6 is 23.2 Å². The third-order valence-electron chi connectivity index (χ3n) is 2.65. The highest BCUT2D eigenvalue weighted by Crippen LogP contribution is 2.28. The van der Waals surface area contributed by atoms with Gasteiger partial charge < -0.3 is 20.1 Å². The van der Waals surface area contributed by atoms with Crippen LogP contribution in [0.3, 0.4) is 0 Å². The summed E-state index contributed by atoms with van der Waals surface area (Å²) in [7, 11) is 3.69. The first kappa shape index (κ1) is 18.0. The summed E-state index contributed by atoms with van der Waals surface area (Å²) in [5.74, 6) is 0.0661. The predicted octanol–water partition coefficient (Wildman–Crippen LogP) is 1.80. The molecule has 0 fully saturated rings. The molecular weight excluding hydrogens is 315 g/mol. The highest BCUT2D eigenvalue weighted by Gasteiger charge is 2.17. The van der Waals surface area contributed by atoms with Crippen molar-refractivity contribution in [2.75, 3.05) is 27.2 Å². The van der Waals surface area contributed by atoms with E-state index in [-0.39, 0.29) is 12.5 Å². The quantitative estimate of drug-likeness (QED) is 0.798. The molecule has 0 aliphatic rings. The summed E-state index contributed by atoms with van der Waals surface area (Å²) in [6.45, 7) is 2.25. The average Bonchev–Trinajstić information content (AvgIpc) is 2.38. The summed E-state index contributed by atoms with van der Waals surface area (Å²) in [5, 5.41) is 13.1. The molecular formula is C14H20Cl2N2O3. The maximum Gasteiger partial charge on any atom is 0.260 e. The maximum atomic E-state index is 11.9. The Kier molecular flexibility index (Phi) is 7.25. The zero-order valence-corrected chi connectivity index (χ0v) is 13.8. The van der Waals surface area contributed by atoms with E-state index in [1.54, 1.807) is 25.1 Å². The zero-order chi connectivity index (χ0) is 16.0. The van der Waals surface area contributed by atoms with Gasteiger partial charge in [-0.15, -0.1) is 0 Å². The fourth-order valence-electron chi connectivity index (χ4n) is 1.66. The third-order valence-corrected chi connectivity index (χ3v) is 3.19. The van der Waals surface area contributed by atoms with Crippen molar-refractivity contribution < 1.29 is 14.6 Å². The van der Waals surface area contributed by atoms with Gasteiger partial charge in [0.15, 0.2) is 6.10 Å². The molecule has 0 heterocycles. The minimum Gasteiger partial charge on any atom is -0.479 e. The monoisotopic (exact) mass is 334 g/mol. The lowest BCUT2D eigenvalue weighted by molar-refractivity contribution is -0.127. The number of rotatable bonds is 7. The number of aliphatic hydroxyl groups is 1. The molecule has 1 rings (SSSR count). The normalized spacial score (nSPS) is 13.9. The number of aliphatic hydroxyl groups excluding tert-OH is 1. The lowest BCUT2D eigenvalue weighted by Gasteiger charge is -2.19. The van der Waals surface area contributed by atoms with Crippen molar-refractivity contribution in [3.63, 3.8) is 0 Å². The number of nitrogens with one attached hydrogen (secondary N) is 1. The van der Waals surface area contributed by atoms with Crippen molar-refractivity contribution in [2.45, 2.75) is 19.1 Å². The molecule has 0 saturated heterocycles. The number of hydrogen-bond donors (Lipinski definition) is 2. The molecule has 0 spiro atoms. The average molecular weight is 335 g/mol. The second-order valence-electron chi connectivity index (χ2n) is 5.00. The summed E-state index contributed by atoms with van der Waals surface area (Å²) < 4.78 is 5.48. The molecule has 1 amide bonds. The van der Waals surface area contributed by atoms with Gasteiger partial charge in [0.05, 0.1) is 11.1 Å². The number of carbonyl (C=O) groups is 1. The van der Waals surface area contributed by atoms with Crippen molar-refractivity contribution in [3.8, 4) is 5.75 Å². The fraction of sp³-hybridized carbons (Fsp3) is 0.500. The summed E-state index contributed by atoms with van der Waals surface area (Å²) >= 11 is 11.8. The van der Waals surface area contributed by atoms with Gasteiger partial charge in [0, 0.05) is 18.1 Å². The molecule has 0 saturated carbocycles. The summed E-state index contributed by atoms with van der Waals surface area (Å²) in [6.07, 6.45) is -1.36. The molecule has 2 atom stereocenters. The van der Waals surface area contributed by atoms with Gasteiger partial charge in [-0.1, -0.05) is 23.2 Å². The van der Waals surface area contributed by atoms with Crippen LogP contribution in [0.4, 0.5) is 0 Å². The van der Waals surface area contributed by atoms with Crippen molar-refractivity contribution >= 4 is 29.1 Å². The SMILES string of the molecule is CC(Oc1ccc(Cl)cc1Cl)C(=O)NCC(O)CN(C)C. The Balaban J connectivity index is 2.47. The Morgan fingerprint density at radius 3 is 2.67 bits per heavy atom. The molecule has 0 bridgehead atoms. The van der Waals surface area contributed by atoms with Crippen LogP contribution in [0.5, 0.6) is 5.75 Å². The third kappa shape index (κ3) is 6.52. The standard InChI is InChI=1S/C14H20Cl2N2O3/c1-9(14(20)17-7-11(19)8-18(2)3)21-13-5-4-10(15)6-12(13)16/h4-6,9,11,19H,7-8H2,1-3H3,(H,17,20). The lowest BCUT2D eigenvalue weighted by Crippen LogP contribution is -2.42. The van der Waals surface area contributed by atoms with Crippen LogP contribution < -0.4 is 10.1 Å². The molecule has 2 N–H and O–H groups in total. The highest BCUT2D eigenvalue weighted by atomic mass is 35.5. The van der Waals surface area contributed by atoms with Gasteiger partial charge in [0.1, 0.15) is 5.75 Å². The summed E-state index contributed by atoms with van der Waals surface area (Å²) in [4.78, 5) is 13.7. The first-order valence-corrected chi connectivity index (χ1v) is 7.27. The Morgan fingerprint density at radius 2 is 2.10 bits per heavy atom. The van der Waals surface area contributed by atoms with E-state index < -0.39 is 12.2 Å². The van der Waals surface area contributed by atoms with Crippen molar-refractivity contribution in [2.24, 2.45) is 0 Å². The molecule has 118 valence electrons. The second kappa shape index (κ2) is 8.44. The Bertz CT molecular complexity index is 483. The van der Waals surface area contributed by atoms with Crippen LogP contribution in [0, 0.1) is 0 Å². The minimum atomic E-state index is -0.727. The molecule has 5 nitrogen and oxygen atoms in total. The predicted molar refractivity (Wildman–Crippen MR) is 84.1 cm³/mol. The van der Waals surface area contributed by atoms with Gasteiger partial charge in [-0.3, -0.25) is 4.79 Å². The number of carbonyl (C=O) groups excluding carboxylic acids is 1. The number of benzene rings is 1. The summed E-state index contributed by atoms with van der Waals surface area (Å²) in [6, 6.07) is 4.79. The van der Waals surface area contributed by atoms with Crippen molar-refractivity contribution in [1.29, 1.82) is 0 Å². The number of halogens is 2. The molecule has 1 aromatic carbocycles. The van der Waals surface area contributed by atoms with E-state index in [2.05, 4.69) is 5.32 Å². The number of ether oxygens (including phenoxy) is 1. The lowest BCUT2D eigenvalue weighted by atomic mass is 10.3. The maximum absolute atomic E-state index is 11.9. The largest absolute Gasteiger partial charge is 0.479 e. The van der Waals surface area contributed by atoms with E-state index in [1.165, 1.54) is 0 Å². The second-order valence-corrected chi connectivity index (χ2v) is 5.84. The minimum absolute atomic E-state index is 0.166. The van der Waals surface area contributed by atoms with E-state index in [1.807, 2.05) is 19.0 Å². The molecule has 0 aliphatic heterocycles. The number of hydrogen-bond acceptors (Lipinski definition) is 4. The Morgan fingerprint density at radius 1 is 1.43 bits per heavy atom. The van der Waals surface area contributed by atoms with Crippen LogP contribution in [-0.4, -0.2) is 55.3 Å². The highest BCUT2D eigenvalue weighted by molar-refractivity contribution is 6.35. The van der Waals surface area contributed by atoms with E-state index >= 15 is 0 Å². The molecule has 7 heteroatoms. The van der Waals surface area contributed by atoms with Gasteiger partial charge >= 0.3 is 0 Å². The van der Waals surface area contributed by atoms with E-state index in [0.29, 0.717) is 22.3 Å². The zero-order valence-electron chi connectivity index (χ0n) is 12.3. The van der Waals surface area contributed by atoms with Gasteiger partial charge in [-0.2, -0.15) is 0 Å². The van der Waals surface area contributed by atoms with Crippen LogP contribution in [-0.2, 0) is 4.79 Å². The molecule has 0 aromatic heterocycles. The first-order chi connectivity index (χ1) is 9.79. The number of nitrogens with zero attached hydrogens (tertiary/aromatic N) is 1. The molecule has 0 aliphatic carbocycles. The smallest absolute Gasteiger partial charge is 0.260 e. The van der Waals surface area contributed by atoms with Crippen LogP contribution in [0.25, 0.3) is 0 Å². The van der Waals surface area contributed by atoms with E-state index in [4.69, 9.17) is 27.9 Å². The van der Waals surface area contributed by atoms with Gasteiger partial charge in [-0.25, -0.2) is 0 Å².